The zero-order chi connectivity index (χ0) is 11.7. The van der Waals surface area contributed by atoms with E-state index in [4.69, 9.17) is 10.8 Å². The molecule has 0 heterocycles. The predicted octanol–water partition coefficient (Wildman–Crippen LogP) is -0.255. The molecule has 0 rings (SSSR count). The lowest BCUT2D eigenvalue weighted by Gasteiger charge is -2.08. The SMILES string of the molecule is CC(CCCNC(=O)NCCN)C(=O)O. The molecular weight excluding hydrogens is 198 g/mol. The predicted molar refractivity (Wildman–Crippen MR) is 56.5 cm³/mol. The molecule has 0 saturated carbocycles. The zero-order valence-corrected chi connectivity index (χ0v) is 8.95. The topological polar surface area (TPSA) is 104 Å². The van der Waals surface area contributed by atoms with Gasteiger partial charge in [0.1, 0.15) is 0 Å². The van der Waals surface area contributed by atoms with Crippen molar-refractivity contribution < 1.29 is 14.7 Å². The van der Waals surface area contributed by atoms with E-state index in [9.17, 15) is 9.59 Å². The Kier molecular flexibility index (Phi) is 7.35. The second kappa shape index (κ2) is 8.05. The largest absolute Gasteiger partial charge is 0.481 e. The van der Waals surface area contributed by atoms with Crippen LogP contribution in [-0.2, 0) is 4.79 Å². The first-order chi connectivity index (χ1) is 7.07. The van der Waals surface area contributed by atoms with E-state index in [0.717, 1.165) is 0 Å². The molecule has 0 aromatic heterocycles. The number of carboxylic acid groups (broad SMARTS) is 1. The molecule has 0 aromatic rings. The van der Waals surface area contributed by atoms with E-state index in [1.165, 1.54) is 0 Å². The number of nitrogens with one attached hydrogen (secondary N) is 2. The number of aliphatic carboxylic acids is 1. The summed E-state index contributed by atoms with van der Waals surface area (Å²) in [5, 5.41) is 13.8. The Morgan fingerprint density at radius 2 is 1.93 bits per heavy atom. The van der Waals surface area contributed by atoms with Crippen molar-refractivity contribution in [3.8, 4) is 0 Å². The van der Waals surface area contributed by atoms with Gasteiger partial charge < -0.3 is 21.5 Å². The van der Waals surface area contributed by atoms with E-state index >= 15 is 0 Å². The van der Waals surface area contributed by atoms with E-state index in [1.54, 1.807) is 6.92 Å². The summed E-state index contributed by atoms with van der Waals surface area (Å²) >= 11 is 0. The fourth-order valence-electron chi connectivity index (χ4n) is 0.982. The summed E-state index contributed by atoms with van der Waals surface area (Å²) in [6.45, 7) is 2.98. The Hall–Kier alpha value is -1.30. The summed E-state index contributed by atoms with van der Waals surface area (Å²) < 4.78 is 0. The van der Waals surface area contributed by atoms with E-state index in [0.29, 0.717) is 32.5 Å². The number of urea groups is 1. The Morgan fingerprint density at radius 1 is 1.33 bits per heavy atom. The van der Waals surface area contributed by atoms with Crippen LogP contribution in [0.25, 0.3) is 0 Å². The summed E-state index contributed by atoms with van der Waals surface area (Å²) in [6, 6.07) is -0.261. The summed E-state index contributed by atoms with van der Waals surface area (Å²) in [5.41, 5.74) is 5.20. The van der Waals surface area contributed by atoms with Gasteiger partial charge in [0.05, 0.1) is 5.92 Å². The average Bonchev–Trinajstić information content (AvgIpc) is 2.20. The third-order valence-corrected chi connectivity index (χ3v) is 1.95. The molecule has 88 valence electrons. The number of amides is 2. The minimum atomic E-state index is -0.803. The van der Waals surface area contributed by atoms with Gasteiger partial charge in [0.2, 0.25) is 0 Å². The quantitative estimate of drug-likeness (QED) is 0.441. The lowest BCUT2D eigenvalue weighted by atomic mass is 10.1. The lowest BCUT2D eigenvalue weighted by molar-refractivity contribution is -0.141. The highest BCUT2D eigenvalue weighted by Gasteiger charge is 2.09. The number of carbonyl (C=O) groups excluding carboxylic acids is 1. The number of hydrogen-bond donors (Lipinski definition) is 4. The number of carbonyl (C=O) groups is 2. The van der Waals surface area contributed by atoms with Crippen molar-refractivity contribution in [2.75, 3.05) is 19.6 Å². The summed E-state index contributed by atoms with van der Waals surface area (Å²) in [6.07, 6.45) is 1.22. The first-order valence-corrected chi connectivity index (χ1v) is 5.02. The molecule has 6 nitrogen and oxygen atoms in total. The molecule has 0 radical (unpaired) electrons. The van der Waals surface area contributed by atoms with Gasteiger partial charge in [-0.2, -0.15) is 0 Å². The molecule has 0 saturated heterocycles. The van der Waals surface area contributed by atoms with Crippen LogP contribution in [0, 0.1) is 5.92 Å². The number of rotatable bonds is 7. The highest BCUT2D eigenvalue weighted by molar-refractivity contribution is 5.73. The molecular formula is C9H19N3O3. The van der Waals surface area contributed by atoms with Crippen LogP contribution in [0.5, 0.6) is 0 Å². The van der Waals surface area contributed by atoms with Gasteiger partial charge in [0.15, 0.2) is 0 Å². The van der Waals surface area contributed by atoms with Crippen LogP contribution in [0.4, 0.5) is 4.79 Å². The maximum Gasteiger partial charge on any atom is 0.314 e. The monoisotopic (exact) mass is 217 g/mol. The summed E-state index contributed by atoms with van der Waals surface area (Å²) in [4.78, 5) is 21.4. The van der Waals surface area contributed by atoms with Crippen molar-refractivity contribution in [2.24, 2.45) is 11.7 Å². The van der Waals surface area contributed by atoms with Gasteiger partial charge in [0.25, 0.3) is 0 Å². The maximum atomic E-state index is 11.0. The van der Waals surface area contributed by atoms with Gasteiger partial charge >= 0.3 is 12.0 Å². The zero-order valence-electron chi connectivity index (χ0n) is 8.95. The van der Waals surface area contributed by atoms with Crippen LogP contribution < -0.4 is 16.4 Å². The summed E-state index contributed by atoms with van der Waals surface area (Å²) in [5.74, 6) is -1.17. The van der Waals surface area contributed by atoms with Crippen molar-refractivity contribution in [1.82, 2.24) is 10.6 Å². The average molecular weight is 217 g/mol. The Morgan fingerprint density at radius 3 is 2.47 bits per heavy atom. The van der Waals surface area contributed by atoms with Crippen LogP contribution in [0.2, 0.25) is 0 Å². The third kappa shape index (κ3) is 7.75. The lowest BCUT2D eigenvalue weighted by Crippen LogP contribution is -2.38. The first kappa shape index (κ1) is 13.7. The van der Waals surface area contributed by atoms with E-state index in [2.05, 4.69) is 10.6 Å². The molecule has 6 heteroatoms. The molecule has 0 spiro atoms. The first-order valence-electron chi connectivity index (χ1n) is 5.02. The Labute approximate surface area is 89.2 Å². The highest BCUT2D eigenvalue weighted by atomic mass is 16.4. The standard InChI is InChI=1S/C9H19N3O3/c1-7(8(13)14)3-2-5-11-9(15)12-6-4-10/h7H,2-6,10H2,1H3,(H,13,14)(H2,11,12,15). The van der Waals surface area contributed by atoms with Crippen molar-refractivity contribution in [1.29, 1.82) is 0 Å². The minimum Gasteiger partial charge on any atom is -0.481 e. The third-order valence-electron chi connectivity index (χ3n) is 1.95. The maximum absolute atomic E-state index is 11.0. The van der Waals surface area contributed by atoms with Crippen LogP contribution >= 0.6 is 0 Å². The number of hydrogen-bond acceptors (Lipinski definition) is 3. The number of carboxylic acids is 1. The van der Waals surface area contributed by atoms with E-state index < -0.39 is 5.97 Å². The van der Waals surface area contributed by atoms with Crippen LogP contribution in [0.3, 0.4) is 0 Å². The van der Waals surface area contributed by atoms with E-state index in [-0.39, 0.29) is 11.9 Å². The summed E-state index contributed by atoms with van der Waals surface area (Å²) in [7, 11) is 0. The fourth-order valence-corrected chi connectivity index (χ4v) is 0.982. The molecule has 0 aliphatic rings. The van der Waals surface area contributed by atoms with Crippen LogP contribution in [0.15, 0.2) is 0 Å². The van der Waals surface area contributed by atoms with Gasteiger partial charge in [-0.05, 0) is 12.8 Å². The highest BCUT2D eigenvalue weighted by Crippen LogP contribution is 2.03. The smallest absolute Gasteiger partial charge is 0.314 e. The van der Waals surface area contributed by atoms with Crippen molar-refractivity contribution in [3.05, 3.63) is 0 Å². The van der Waals surface area contributed by atoms with Gasteiger partial charge in [-0.15, -0.1) is 0 Å². The van der Waals surface area contributed by atoms with Gasteiger partial charge in [-0.3, -0.25) is 4.79 Å². The molecule has 1 unspecified atom stereocenters. The van der Waals surface area contributed by atoms with Gasteiger partial charge in [-0.25, -0.2) is 4.79 Å². The van der Waals surface area contributed by atoms with Crippen LogP contribution in [-0.4, -0.2) is 36.7 Å². The van der Waals surface area contributed by atoms with Crippen molar-refractivity contribution in [3.63, 3.8) is 0 Å². The molecule has 0 aliphatic carbocycles. The second-order valence-electron chi connectivity index (χ2n) is 3.35. The van der Waals surface area contributed by atoms with Gasteiger partial charge in [-0.1, -0.05) is 6.92 Å². The molecule has 0 fully saturated rings. The molecule has 0 aromatic carbocycles. The minimum absolute atomic E-state index is 0.261. The van der Waals surface area contributed by atoms with Crippen molar-refractivity contribution >= 4 is 12.0 Å². The van der Waals surface area contributed by atoms with Crippen LogP contribution in [0.1, 0.15) is 19.8 Å². The van der Waals surface area contributed by atoms with Crippen molar-refractivity contribution in [2.45, 2.75) is 19.8 Å². The second-order valence-corrected chi connectivity index (χ2v) is 3.35. The molecule has 0 aliphatic heterocycles. The number of nitrogens with two attached hydrogens (primary N) is 1. The molecule has 1 atom stereocenters. The van der Waals surface area contributed by atoms with E-state index in [1.807, 2.05) is 0 Å². The normalized spacial score (nSPS) is 11.9. The van der Waals surface area contributed by atoms with Gasteiger partial charge in [0, 0.05) is 19.6 Å². The molecule has 2 amide bonds. The Balaban J connectivity index is 3.38. The fraction of sp³-hybridized carbons (Fsp3) is 0.778. The molecule has 5 N–H and O–H groups in total. The molecule has 0 bridgehead atoms. The molecule has 15 heavy (non-hydrogen) atoms. The Bertz CT molecular complexity index is 209.